The van der Waals surface area contributed by atoms with Crippen LogP contribution in [0.5, 0.6) is 0 Å². The van der Waals surface area contributed by atoms with Crippen molar-refractivity contribution in [2.24, 2.45) is 10.9 Å². The van der Waals surface area contributed by atoms with E-state index in [9.17, 15) is 19.2 Å². The molecule has 21 heteroatoms. The largest absolute Gasteiger partial charge is 0.379 e. The molecule has 1 aliphatic carbocycles. The Morgan fingerprint density at radius 1 is 0.791 bits per heavy atom. The molecule has 3 N–H and O–H groups in total. The summed E-state index contributed by atoms with van der Waals surface area (Å²) >= 11 is 13.7. The lowest BCUT2D eigenvalue weighted by Crippen LogP contribution is -2.52. The molecule has 0 spiro atoms. The zero-order valence-corrected chi connectivity index (χ0v) is 53.2. The topological polar surface area (TPSA) is 191 Å². The maximum atomic E-state index is 13.7. The van der Waals surface area contributed by atoms with Crippen molar-refractivity contribution in [1.82, 2.24) is 30.7 Å². The standard InChI is InChI=1S/C65H77Cl2N9O8SSi/c1-42-43(2)85-65-59(42)61(45-13-15-49(67)16-14-45)71-55(62-73-72-44(3)76(62)65)38-58(78)68-22-28-82-33-34-84-30-24-70-64(80)48-39-75(40-48)51-18-20-53-57(37-51)86(4,5)56-36-50(74-25-10-26-74)17-19-52(56)60(53)54-35-46(11-12-47(54)41-77)63(79)69-23-29-83-32-31-81-27-9-7-6-8-21-66/h11-20,35-37,41,48,55H,6-10,21-34,38-40H2,1-5H3,(H2-,68,69,70,78,79,80)/p+1/t55-/m0/s1. The minimum absolute atomic E-state index is 0.0110. The van der Waals surface area contributed by atoms with Gasteiger partial charge in [0.25, 0.3) is 5.91 Å². The monoisotopic (exact) mass is 1240 g/mol. The Morgan fingerprint density at radius 2 is 1.49 bits per heavy atom. The number of aryl methyl sites for hydroxylation is 2. The molecule has 86 heavy (non-hydrogen) atoms. The summed E-state index contributed by atoms with van der Waals surface area (Å²) in [6, 6.07) is 19.1. The number of benzene rings is 3. The molecule has 454 valence electrons. The number of amides is 3. The summed E-state index contributed by atoms with van der Waals surface area (Å²) in [5.74, 6) is 1.45. The van der Waals surface area contributed by atoms with E-state index in [1.54, 1.807) is 23.5 Å². The molecule has 2 fully saturated rings. The van der Waals surface area contributed by atoms with Crippen LogP contribution in [0, 0.1) is 26.7 Å². The normalized spacial score (nSPS) is 17.3. The lowest BCUT2D eigenvalue weighted by molar-refractivity contribution is -0.596. The van der Waals surface area contributed by atoms with Crippen molar-refractivity contribution in [2.45, 2.75) is 78.4 Å². The van der Waals surface area contributed by atoms with E-state index < -0.39 is 14.1 Å². The average molecular weight is 1240 g/mol. The Labute approximate surface area is 518 Å². The van der Waals surface area contributed by atoms with Gasteiger partial charge in [-0.05, 0) is 121 Å². The number of nitrogens with zero attached hydrogens (tertiary/aromatic N) is 6. The first-order chi connectivity index (χ1) is 41.7. The highest BCUT2D eigenvalue weighted by Gasteiger charge is 2.44. The second kappa shape index (κ2) is 29.1. The Kier molecular flexibility index (Phi) is 21.2. The lowest BCUT2D eigenvalue weighted by Gasteiger charge is -2.40. The summed E-state index contributed by atoms with van der Waals surface area (Å²) in [7, 11) is -2.37. The first-order valence-electron chi connectivity index (χ1n) is 30.1. The number of hydrogen-bond acceptors (Lipinski definition) is 13. The van der Waals surface area contributed by atoms with Crippen LogP contribution >= 0.6 is 34.5 Å². The van der Waals surface area contributed by atoms with Crippen molar-refractivity contribution in [2.75, 3.05) is 109 Å². The highest BCUT2D eigenvalue weighted by Crippen LogP contribution is 2.44. The first kappa shape index (κ1) is 62.6. The third-order valence-electron chi connectivity index (χ3n) is 16.7. The number of carbonyl (C=O) groups excluding carboxylic acids is 4. The van der Waals surface area contributed by atoms with E-state index in [1.807, 2.05) is 41.8 Å². The number of aromatic nitrogens is 3. The fourth-order valence-electron chi connectivity index (χ4n) is 11.6. The number of aldehydes is 1. The summed E-state index contributed by atoms with van der Waals surface area (Å²) in [5.41, 5.74) is 10.9. The van der Waals surface area contributed by atoms with Crippen molar-refractivity contribution in [1.29, 1.82) is 0 Å². The molecule has 5 aliphatic rings. The molecule has 0 bridgehead atoms. The number of anilines is 1. The number of carbonyl (C=O) groups is 4. The van der Waals surface area contributed by atoms with Gasteiger partial charge in [0.1, 0.15) is 24.9 Å². The van der Waals surface area contributed by atoms with Crippen LogP contribution < -0.4 is 26.0 Å². The van der Waals surface area contributed by atoms with Gasteiger partial charge in [-0.15, -0.1) is 33.1 Å². The summed E-state index contributed by atoms with van der Waals surface area (Å²) in [5, 5.41) is 22.1. The summed E-state index contributed by atoms with van der Waals surface area (Å²) in [6.07, 6.45) is 13.0. The van der Waals surface area contributed by atoms with E-state index >= 15 is 0 Å². The van der Waals surface area contributed by atoms with Crippen LogP contribution in [-0.4, -0.2) is 167 Å². The number of halogens is 2. The second-order valence-corrected chi connectivity index (χ2v) is 29.2. The van der Waals surface area contributed by atoms with Gasteiger partial charge < -0.3 is 39.8 Å². The van der Waals surface area contributed by atoms with E-state index in [2.05, 4.69) is 99.0 Å². The molecule has 2 aromatic heterocycles. The quantitative estimate of drug-likeness (QED) is 0.0137. The van der Waals surface area contributed by atoms with Gasteiger partial charge in [-0.2, -0.15) is 0 Å². The predicted molar refractivity (Wildman–Crippen MR) is 343 cm³/mol. The molecule has 1 atom stereocenters. The van der Waals surface area contributed by atoms with E-state index in [-0.39, 0.29) is 30.1 Å². The van der Waals surface area contributed by atoms with Crippen molar-refractivity contribution in [3.05, 3.63) is 150 Å². The van der Waals surface area contributed by atoms with Gasteiger partial charge in [0, 0.05) is 95.2 Å². The molecule has 0 radical (unpaired) electrons. The summed E-state index contributed by atoms with van der Waals surface area (Å²) in [4.78, 5) is 62.1. The fourth-order valence-corrected chi connectivity index (χ4v) is 16.2. The van der Waals surface area contributed by atoms with Crippen molar-refractivity contribution < 1.29 is 42.7 Å². The molecule has 3 aromatic carbocycles. The van der Waals surface area contributed by atoms with E-state index in [4.69, 9.17) is 47.1 Å². The molecular weight excluding hydrogens is 1170 g/mol. The highest BCUT2D eigenvalue weighted by molar-refractivity contribution is 7.15. The Morgan fingerprint density at radius 3 is 2.19 bits per heavy atom. The van der Waals surface area contributed by atoms with Gasteiger partial charge in [-0.1, -0.05) is 61.8 Å². The Bertz CT molecular complexity index is 3490. The first-order valence-corrected chi connectivity index (χ1v) is 34.8. The number of nitrogens with one attached hydrogen (secondary N) is 3. The summed E-state index contributed by atoms with van der Waals surface area (Å²) in [6.45, 7) is 18.4. The lowest BCUT2D eigenvalue weighted by atomic mass is 9.86. The minimum Gasteiger partial charge on any atom is -0.379 e. The molecule has 2 saturated heterocycles. The SMILES string of the molecule is Cc1sc2c(c1C)C(c1ccc(Cl)cc1)=N[C@@H](CC(=O)NCCOCCOCCNC(=O)C1C[N+](=C3C=CC4=C(c5cc(C(=O)NCCOCCOCCCCCCCl)ccc5C=O)c5ccc(N6CCC6)cc5[Si](C)(C)C4=C3)C1)c1nnc(C)n1-2. The van der Waals surface area contributed by atoms with Gasteiger partial charge in [-0.3, -0.25) is 28.7 Å². The molecule has 5 aromatic rings. The van der Waals surface area contributed by atoms with Crippen LogP contribution in [-0.2, 0) is 28.5 Å². The molecule has 6 heterocycles. The molecule has 0 unspecified atom stereocenters. The van der Waals surface area contributed by atoms with Crippen molar-refractivity contribution >= 4 is 94.5 Å². The van der Waals surface area contributed by atoms with Crippen LogP contribution in [0.1, 0.15) is 110 Å². The van der Waals surface area contributed by atoms with E-state index in [1.165, 1.54) is 20.9 Å². The number of fused-ring (bicyclic) bond motifs is 5. The van der Waals surface area contributed by atoms with Crippen molar-refractivity contribution in [3.8, 4) is 5.00 Å². The molecule has 10 rings (SSSR count). The van der Waals surface area contributed by atoms with E-state index in [0.717, 1.165) is 107 Å². The number of thiophene rings is 1. The maximum absolute atomic E-state index is 13.7. The third-order valence-corrected chi connectivity index (χ3v) is 22.0. The Hall–Kier alpha value is -6.42. The summed E-state index contributed by atoms with van der Waals surface area (Å²) < 4.78 is 27.3. The average Bonchev–Trinajstić information content (AvgIpc) is 0.937. The smallest absolute Gasteiger partial charge is 0.251 e. The minimum atomic E-state index is -2.37. The number of ether oxygens (including phenoxy) is 4. The van der Waals surface area contributed by atoms with Crippen LogP contribution in [0.25, 0.3) is 10.6 Å². The maximum Gasteiger partial charge on any atom is 0.251 e. The van der Waals surface area contributed by atoms with Crippen molar-refractivity contribution in [3.63, 3.8) is 0 Å². The molecule has 3 amide bonds. The van der Waals surface area contributed by atoms with Gasteiger partial charge in [0.05, 0.1) is 58.4 Å². The number of unbranched alkanes of at least 4 members (excludes halogenated alkanes) is 3. The second-order valence-electron chi connectivity index (χ2n) is 22.9. The highest BCUT2D eigenvalue weighted by atomic mass is 35.5. The van der Waals surface area contributed by atoms with Crippen LogP contribution in [0.15, 0.2) is 94.7 Å². The number of alkyl halides is 1. The fraction of sp³-hybridized carbons (Fsp3) is 0.446. The molecule has 17 nitrogen and oxygen atoms in total. The molecule has 0 saturated carbocycles. The van der Waals surface area contributed by atoms with Gasteiger partial charge in [-0.25, -0.2) is 4.58 Å². The zero-order valence-electron chi connectivity index (χ0n) is 49.9. The number of allylic oxidation sites excluding steroid dienone is 5. The molecule has 4 aliphatic heterocycles. The van der Waals surface area contributed by atoms with Gasteiger partial charge in [0.15, 0.2) is 36.8 Å². The molecular formula is C65H78Cl2N9O8SSi+. The number of rotatable bonds is 29. The third kappa shape index (κ3) is 14.3. The Balaban J connectivity index is 0.694. The van der Waals surface area contributed by atoms with Crippen LogP contribution in [0.4, 0.5) is 5.69 Å². The van der Waals surface area contributed by atoms with Gasteiger partial charge >= 0.3 is 0 Å². The number of aliphatic imine (C=N–C) groups is 1. The van der Waals surface area contributed by atoms with E-state index in [0.29, 0.717) is 119 Å². The van der Waals surface area contributed by atoms with Crippen LogP contribution in [0.3, 0.4) is 0 Å². The number of hydrogen-bond donors (Lipinski definition) is 3. The van der Waals surface area contributed by atoms with Crippen LogP contribution in [0.2, 0.25) is 18.1 Å². The van der Waals surface area contributed by atoms with Gasteiger partial charge in [0.2, 0.25) is 11.8 Å². The predicted octanol–water partition coefficient (Wildman–Crippen LogP) is 8.59. The zero-order chi connectivity index (χ0) is 60.3.